The van der Waals surface area contributed by atoms with Gasteiger partial charge in [0.15, 0.2) is 0 Å². The van der Waals surface area contributed by atoms with Crippen LogP contribution in [0.15, 0.2) is 48.5 Å². The zero-order chi connectivity index (χ0) is 26.8. The van der Waals surface area contributed by atoms with Gasteiger partial charge in [-0.05, 0) is 66.3 Å². The quantitative estimate of drug-likeness (QED) is 0.296. The van der Waals surface area contributed by atoms with Crippen molar-refractivity contribution in [3.05, 3.63) is 54.1 Å². The first-order valence-corrected chi connectivity index (χ1v) is 11.8. The maximum Gasteiger partial charge on any atom is 0.471 e. The molecule has 0 spiro atoms. The summed E-state index contributed by atoms with van der Waals surface area (Å²) in [6.07, 6.45) is -4.74. The fraction of sp³-hybridized carbons (Fsp3) is 0.538. The zero-order valence-electron chi connectivity index (χ0n) is 19.5. The van der Waals surface area contributed by atoms with Crippen LogP contribution < -0.4 is 4.74 Å². The first-order chi connectivity index (χ1) is 16.7. The molecule has 0 saturated heterocycles. The van der Waals surface area contributed by atoms with E-state index in [1.807, 2.05) is 24.3 Å². The van der Waals surface area contributed by atoms with Crippen LogP contribution >= 0.6 is 0 Å². The minimum absolute atomic E-state index is 0.450. The van der Waals surface area contributed by atoms with Gasteiger partial charge in [-0.15, -0.1) is 0 Å². The Balaban J connectivity index is 1.65. The fourth-order valence-electron chi connectivity index (χ4n) is 4.51. The van der Waals surface area contributed by atoms with E-state index in [4.69, 9.17) is 0 Å². The monoisotopic (exact) mass is 526 g/mol. The largest absolute Gasteiger partial charge is 0.471 e. The molecule has 0 heterocycles. The van der Waals surface area contributed by atoms with Crippen LogP contribution in [0.4, 0.5) is 39.5 Å². The lowest BCUT2D eigenvalue weighted by Crippen LogP contribution is -2.62. The average Bonchev–Trinajstić information content (AvgIpc) is 2.82. The van der Waals surface area contributed by atoms with Gasteiger partial charge in [-0.2, -0.15) is 39.5 Å². The summed E-state index contributed by atoms with van der Waals surface area (Å²) in [5, 5.41) is 0. The molecule has 200 valence electrons. The van der Waals surface area contributed by atoms with Crippen molar-refractivity contribution in [2.24, 2.45) is 5.92 Å². The Labute approximate surface area is 203 Å². The van der Waals surface area contributed by atoms with E-state index in [0.717, 1.165) is 30.9 Å². The molecule has 2 aromatic rings. The molecule has 2 aromatic carbocycles. The third kappa shape index (κ3) is 5.78. The smallest absolute Gasteiger partial charge is 0.428 e. The Hall–Kier alpha value is -2.39. The molecule has 1 saturated carbocycles. The summed E-state index contributed by atoms with van der Waals surface area (Å²) in [5.41, 5.74) is 2.36. The molecule has 0 atom stereocenters. The fourth-order valence-corrected chi connectivity index (χ4v) is 4.51. The van der Waals surface area contributed by atoms with E-state index in [1.54, 1.807) is 0 Å². The Morgan fingerprint density at radius 1 is 0.694 bits per heavy atom. The van der Waals surface area contributed by atoms with Crippen molar-refractivity contribution < 1.29 is 44.3 Å². The molecular weight excluding hydrogens is 499 g/mol. The second-order valence-corrected chi connectivity index (χ2v) is 9.27. The molecule has 10 heteroatoms. The molecule has 0 bridgehead atoms. The van der Waals surface area contributed by atoms with Gasteiger partial charge in [-0.25, -0.2) is 0 Å². The lowest BCUT2D eigenvalue weighted by atomic mass is 9.77. The van der Waals surface area contributed by atoms with Crippen LogP contribution in [0.3, 0.4) is 0 Å². The third-order valence-electron chi connectivity index (χ3n) is 6.74. The summed E-state index contributed by atoms with van der Waals surface area (Å²) >= 11 is 0. The Kier molecular flexibility index (Phi) is 8.25. The molecule has 0 amide bonds. The minimum atomic E-state index is -7.00. The SMILES string of the molecule is CCCCC1CCC(c2ccc(-c3ccc(OC(F)(F)C(F)(F)C(F)(F)C(F)(F)F)cc3)cc2)CC1. The van der Waals surface area contributed by atoms with Gasteiger partial charge in [-0.1, -0.05) is 62.6 Å². The lowest BCUT2D eigenvalue weighted by Gasteiger charge is -2.33. The van der Waals surface area contributed by atoms with Gasteiger partial charge in [0.2, 0.25) is 0 Å². The number of hydrogen-bond donors (Lipinski definition) is 0. The van der Waals surface area contributed by atoms with Crippen LogP contribution in [0, 0.1) is 5.92 Å². The van der Waals surface area contributed by atoms with E-state index in [0.29, 0.717) is 17.0 Å². The van der Waals surface area contributed by atoms with E-state index in [1.165, 1.54) is 49.8 Å². The van der Waals surface area contributed by atoms with Gasteiger partial charge in [0.1, 0.15) is 5.75 Å². The topological polar surface area (TPSA) is 9.23 Å². The molecule has 0 aliphatic heterocycles. The standard InChI is InChI=1S/C26H27F9O/c1-2-3-4-17-5-7-18(8-6-17)19-9-11-20(12-10-19)21-13-15-22(16-14-21)36-26(34,35)24(29,30)23(27,28)25(31,32)33/h9-18H,2-8H2,1H3. The van der Waals surface area contributed by atoms with Crippen molar-refractivity contribution in [1.82, 2.24) is 0 Å². The van der Waals surface area contributed by atoms with Gasteiger partial charge in [-0.3, -0.25) is 0 Å². The average molecular weight is 526 g/mol. The van der Waals surface area contributed by atoms with Crippen molar-refractivity contribution in [3.63, 3.8) is 0 Å². The lowest BCUT2D eigenvalue weighted by molar-refractivity contribution is -0.428. The summed E-state index contributed by atoms with van der Waals surface area (Å²) < 4.78 is 121. The summed E-state index contributed by atoms with van der Waals surface area (Å²) in [6, 6.07) is 11.6. The molecule has 3 rings (SSSR count). The summed E-state index contributed by atoms with van der Waals surface area (Å²) in [7, 11) is 0. The predicted octanol–water partition coefficient (Wildman–Crippen LogP) is 9.62. The Morgan fingerprint density at radius 3 is 1.67 bits per heavy atom. The highest BCUT2D eigenvalue weighted by atomic mass is 19.4. The van der Waals surface area contributed by atoms with E-state index in [9.17, 15) is 39.5 Å². The highest BCUT2D eigenvalue weighted by molar-refractivity contribution is 5.64. The van der Waals surface area contributed by atoms with Crippen molar-refractivity contribution in [1.29, 1.82) is 0 Å². The Bertz CT molecular complexity index is 974. The normalized spacial score (nSPS) is 19.8. The molecule has 1 nitrogen and oxygen atoms in total. The number of alkyl halides is 9. The number of halogens is 9. The van der Waals surface area contributed by atoms with Gasteiger partial charge >= 0.3 is 24.1 Å². The van der Waals surface area contributed by atoms with Crippen LogP contribution in [0.25, 0.3) is 11.1 Å². The predicted molar refractivity (Wildman–Crippen MR) is 118 cm³/mol. The number of hydrogen-bond acceptors (Lipinski definition) is 1. The van der Waals surface area contributed by atoms with E-state index in [-0.39, 0.29) is 0 Å². The second kappa shape index (κ2) is 10.5. The van der Waals surface area contributed by atoms with E-state index < -0.39 is 29.9 Å². The molecule has 0 radical (unpaired) electrons. The Morgan fingerprint density at radius 2 is 1.19 bits per heavy atom. The van der Waals surface area contributed by atoms with Gasteiger partial charge < -0.3 is 4.74 Å². The van der Waals surface area contributed by atoms with Crippen LogP contribution in [0.5, 0.6) is 5.75 Å². The van der Waals surface area contributed by atoms with Crippen molar-refractivity contribution in [3.8, 4) is 16.9 Å². The van der Waals surface area contributed by atoms with E-state index >= 15 is 0 Å². The van der Waals surface area contributed by atoms with Crippen LogP contribution in [-0.4, -0.2) is 24.1 Å². The molecule has 0 unspecified atom stereocenters. The molecule has 1 fully saturated rings. The van der Waals surface area contributed by atoms with Crippen LogP contribution in [0.2, 0.25) is 0 Å². The molecule has 1 aliphatic carbocycles. The van der Waals surface area contributed by atoms with E-state index in [2.05, 4.69) is 11.7 Å². The maximum absolute atomic E-state index is 13.7. The number of rotatable bonds is 9. The number of benzene rings is 2. The second-order valence-electron chi connectivity index (χ2n) is 9.27. The third-order valence-corrected chi connectivity index (χ3v) is 6.74. The molecular formula is C26H27F9O. The minimum Gasteiger partial charge on any atom is -0.428 e. The highest BCUT2D eigenvalue weighted by Gasteiger charge is 2.83. The first-order valence-electron chi connectivity index (χ1n) is 11.8. The van der Waals surface area contributed by atoms with Gasteiger partial charge in [0.05, 0.1) is 0 Å². The highest BCUT2D eigenvalue weighted by Crippen LogP contribution is 2.53. The summed E-state index contributed by atoms with van der Waals surface area (Å²) in [5.74, 6) is -13.6. The number of unbranched alkanes of at least 4 members (excludes halogenated alkanes) is 1. The van der Waals surface area contributed by atoms with Gasteiger partial charge in [0.25, 0.3) is 0 Å². The zero-order valence-corrected chi connectivity index (χ0v) is 19.5. The maximum atomic E-state index is 13.7. The van der Waals surface area contributed by atoms with Crippen molar-refractivity contribution in [2.75, 3.05) is 0 Å². The van der Waals surface area contributed by atoms with Crippen LogP contribution in [0.1, 0.15) is 63.4 Å². The number of ether oxygens (including phenoxy) is 1. The molecule has 0 N–H and O–H groups in total. The molecule has 36 heavy (non-hydrogen) atoms. The van der Waals surface area contributed by atoms with Crippen LogP contribution in [-0.2, 0) is 0 Å². The molecule has 1 aliphatic rings. The summed E-state index contributed by atoms with van der Waals surface area (Å²) in [6.45, 7) is 2.18. The summed E-state index contributed by atoms with van der Waals surface area (Å²) in [4.78, 5) is 0. The van der Waals surface area contributed by atoms with Crippen molar-refractivity contribution >= 4 is 0 Å². The molecule has 0 aromatic heterocycles. The first kappa shape index (κ1) is 28.2. The van der Waals surface area contributed by atoms with Gasteiger partial charge in [0, 0.05) is 0 Å². The van der Waals surface area contributed by atoms with Crippen molar-refractivity contribution in [2.45, 2.75) is 81.9 Å².